The van der Waals surface area contributed by atoms with Gasteiger partial charge in [-0.15, -0.1) is 0 Å². The Labute approximate surface area is 112 Å². The van der Waals surface area contributed by atoms with Gasteiger partial charge >= 0.3 is 11.9 Å². The van der Waals surface area contributed by atoms with Crippen LogP contribution in [0, 0.1) is 0 Å². The monoisotopic (exact) mass is 266 g/mol. The summed E-state index contributed by atoms with van der Waals surface area (Å²) in [4.78, 5) is 22.8. The van der Waals surface area contributed by atoms with Crippen LogP contribution in [0.15, 0.2) is 29.8 Å². The van der Waals surface area contributed by atoms with Gasteiger partial charge in [0.15, 0.2) is 0 Å². The number of esters is 2. The molecule has 5 heteroatoms. The fraction of sp³-hybridized carbons (Fsp3) is 0.286. The van der Waals surface area contributed by atoms with E-state index < -0.39 is 11.9 Å². The number of methoxy groups -OCH3 is 3. The van der Waals surface area contributed by atoms with Crippen molar-refractivity contribution >= 4 is 18.0 Å². The van der Waals surface area contributed by atoms with Crippen molar-refractivity contribution in [3.63, 3.8) is 0 Å². The molecule has 0 saturated heterocycles. The molecule has 104 valence electrons. The molecule has 19 heavy (non-hydrogen) atoms. The van der Waals surface area contributed by atoms with Crippen LogP contribution in [0.5, 0.6) is 5.75 Å². The minimum absolute atomic E-state index is 0. The number of ether oxygens (including phenoxy) is 3. The molecule has 0 aliphatic carbocycles. The Morgan fingerprint density at radius 2 is 1.42 bits per heavy atom. The van der Waals surface area contributed by atoms with Crippen LogP contribution in [-0.4, -0.2) is 33.3 Å². The first-order valence-electron chi connectivity index (χ1n) is 5.14. The van der Waals surface area contributed by atoms with Gasteiger partial charge in [0.05, 0.1) is 21.3 Å². The first-order valence-corrected chi connectivity index (χ1v) is 5.14. The lowest BCUT2D eigenvalue weighted by Crippen LogP contribution is -2.15. The largest absolute Gasteiger partial charge is 0.497 e. The van der Waals surface area contributed by atoms with E-state index in [-0.39, 0.29) is 13.0 Å². The van der Waals surface area contributed by atoms with Gasteiger partial charge in [-0.05, 0) is 23.8 Å². The van der Waals surface area contributed by atoms with Gasteiger partial charge < -0.3 is 14.2 Å². The van der Waals surface area contributed by atoms with E-state index in [0.717, 1.165) is 0 Å². The molecule has 0 saturated carbocycles. The molecule has 0 aromatic heterocycles. The van der Waals surface area contributed by atoms with E-state index in [4.69, 9.17) is 4.74 Å². The molecule has 0 radical (unpaired) electrons. The predicted molar refractivity (Wildman–Crippen MR) is 71.7 cm³/mol. The van der Waals surface area contributed by atoms with Crippen molar-refractivity contribution in [1.29, 1.82) is 0 Å². The molecule has 0 heterocycles. The summed E-state index contributed by atoms with van der Waals surface area (Å²) in [6, 6.07) is 6.87. The summed E-state index contributed by atoms with van der Waals surface area (Å²) in [5, 5.41) is 0. The molecular formula is C14H18O5. The Bertz CT molecular complexity index is 441. The van der Waals surface area contributed by atoms with Crippen LogP contribution in [-0.2, 0) is 19.1 Å². The highest BCUT2D eigenvalue weighted by molar-refractivity contribution is 6.17. The van der Waals surface area contributed by atoms with Crippen molar-refractivity contribution in [2.75, 3.05) is 21.3 Å². The second-order valence-corrected chi connectivity index (χ2v) is 3.31. The Balaban J connectivity index is 0.00000324. The molecular weight excluding hydrogens is 248 g/mol. The molecule has 0 aliphatic rings. The number of rotatable bonds is 4. The van der Waals surface area contributed by atoms with E-state index in [0.29, 0.717) is 11.3 Å². The summed E-state index contributed by atoms with van der Waals surface area (Å²) < 4.78 is 14.0. The summed E-state index contributed by atoms with van der Waals surface area (Å²) in [5.41, 5.74) is 0.506. The van der Waals surface area contributed by atoms with Crippen molar-refractivity contribution in [2.24, 2.45) is 0 Å². The normalized spacial score (nSPS) is 8.79. The maximum Gasteiger partial charge on any atom is 0.345 e. The van der Waals surface area contributed by atoms with Crippen molar-refractivity contribution < 1.29 is 23.8 Å². The molecule has 0 fully saturated rings. The molecule has 0 amide bonds. The van der Waals surface area contributed by atoms with Crippen LogP contribution in [0.4, 0.5) is 0 Å². The van der Waals surface area contributed by atoms with Crippen LogP contribution in [0.25, 0.3) is 6.08 Å². The molecule has 0 unspecified atom stereocenters. The molecule has 0 bridgehead atoms. The van der Waals surface area contributed by atoms with Gasteiger partial charge in [-0.25, -0.2) is 9.59 Å². The summed E-state index contributed by atoms with van der Waals surface area (Å²) in [7, 11) is 3.96. The average molecular weight is 266 g/mol. The van der Waals surface area contributed by atoms with Crippen LogP contribution in [0.2, 0.25) is 0 Å². The Hall–Kier alpha value is -2.30. The maximum absolute atomic E-state index is 11.4. The lowest BCUT2D eigenvalue weighted by Gasteiger charge is -2.04. The van der Waals surface area contributed by atoms with Gasteiger partial charge in [0, 0.05) is 0 Å². The summed E-state index contributed by atoms with van der Waals surface area (Å²) in [6.45, 7) is 0. The van der Waals surface area contributed by atoms with Crippen LogP contribution in [0.1, 0.15) is 13.0 Å². The number of hydrogen-bond donors (Lipinski definition) is 0. The highest BCUT2D eigenvalue weighted by Crippen LogP contribution is 2.15. The highest BCUT2D eigenvalue weighted by atomic mass is 16.5. The number of carbonyl (C=O) groups is 2. The third-order valence-corrected chi connectivity index (χ3v) is 2.24. The zero-order valence-electron chi connectivity index (χ0n) is 10.4. The smallest absolute Gasteiger partial charge is 0.345 e. The van der Waals surface area contributed by atoms with E-state index in [1.54, 1.807) is 31.4 Å². The first kappa shape index (κ1) is 16.7. The van der Waals surface area contributed by atoms with Crippen LogP contribution < -0.4 is 4.74 Å². The number of hydrogen-bond acceptors (Lipinski definition) is 5. The van der Waals surface area contributed by atoms with Crippen molar-refractivity contribution in [3.8, 4) is 5.75 Å². The van der Waals surface area contributed by atoms with Gasteiger partial charge in [0.25, 0.3) is 0 Å². The molecule has 0 aliphatic heterocycles. The van der Waals surface area contributed by atoms with Gasteiger partial charge in [0.2, 0.25) is 0 Å². The zero-order chi connectivity index (χ0) is 13.5. The fourth-order valence-electron chi connectivity index (χ4n) is 1.29. The topological polar surface area (TPSA) is 61.8 Å². The van der Waals surface area contributed by atoms with Crippen molar-refractivity contribution in [1.82, 2.24) is 0 Å². The van der Waals surface area contributed by atoms with Gasteiger partial charge in [-0.3, -0.25) is 0 Å². The van der Waals surface area contributed by atoms with Gasteiger partial charge in [-0.2, -0.15) is 0 Å². The first-order chi connectivity index (χ1) is 8.62. The van der Waals surface area contributed by atoms with Gasteiger partial charge in [-0.1, -0.05) is 19.6 Å². The molecule has 5 nitrogen and oxygen atoms in total. The third kappa shape index (κ3) is 4.46. The summed E-state index contributed by atoms with van der Waals surface area (Å²) in [6.07, 6.45) is 1.40. The molecule has 0 N–H and O–H groups in total. The lowest BCUT2D eigenvalue weighted by atomic mass is 10.1. The standard InChI is InChI=1S/C13H14O5.CH4/c1-16-10-6-4-9(5-7-10)8-11(12(14)17-2)13(15)18-3;/h4-8H,1-3H3;1H4. The minimum Gasteiger partial charge on any atom is -0.497 e. The Morgan fingerprint density at radius 3 is 1.79 bits per heavy atom. The number of carbonyl (C=O) groups excluding carboxylic acids is 2. The van der Waals surface area contributed by atoms with E-state index in [2.05, 4.69) is 9.47 Å². The van der Waals surface area contributed by atoms with Gasteiger partial charge in [0.1, 0.15) is 11.3 Å². The SMILES string of the molecule is C.COC(=O)C(=Cc1ccc(OC)cc1)C(=O)OC. The van der Waals surface area contributed by atoms with E-state index in [9.17, 15) is 9.59 Å². The maximum atomic E-state index is 11.4. The quantitative estimate of drug-likeness (QED) is 0.361. The Kier molecular flexibility index (Phi) is 6.96. The number of benzene rings is 1. The third-order valence-electron chi connectivity index (χ3n) is 2.24. The molecule has 1 aromatic carbocycles. The van der Waals surface area contributed by atoms with E-state index >= 15 is 0 Å². The predicted octanol–water partition coefficient (Wildman–Crippen LogP) is 2.06. The van der Waals surface area contributed by atoms with Crippen LogP contribution in [0.3, 0.4) is 0 Å². The zero-order valence-corrected chi connectivity index (χ0v) is 10.4. The van der Waals surface area contributed by atoms with E-state index in [1.165, 1.54) is 20.3 Å². The minimum atomic E-state index is -0.738. The molecule has 0 atom stereocenters. The molecule has 0 spiro atoms. The molecule has 1 rings (SSSR count). The summed E-state index contributed by atoms with van der Waals surface area (Å²) in [5.74, 6) is -0.792. The van der Waals surface area contributed by atoms with Crippen LogP contribution >= 0.6 is 0 Å². The van der Waals surface area contributed by atoms with Crippen molar-refractivity contribution in [2.45, 2.75) is 7.43 Å². The lowest BCUT2D eigenvalue weighted by molar-refractivity contribution is -0.143. The second-order valence-electron chi connectivity index (χ2n) is 3.31. The second kappa shape index (κ2) is 7.92. The summed E-state index contributed by atoms with van der Waals surface area (Å²) >= 11 is 0. The van der Waals surface area contributed by atoms with E-state index in [1.807, 2.05) is 0 Å². The van der Waals surface area contributed by atoms with Crippen molar-refractivity contribution in [3.05, 3.63) is 35.4 Å². The average Bonchev–Trinajstić information content (AvgIpc) is 2.43. The Morgan fingerprint density at radius 1 is 0.947 bits per heavy atom. The fourth-order valence-corrected chi connectivity index (χ4v) is 1.29. The highest BCUT2D eigenvalue weighted by Gasteiger charge is 2.19. The molecule has 1 aromatic rings.